The van der Waals surface area contributed by atoms with Gasteiger partial charge in [-0.15, -0.1) is 0 Å². The van der Waals surface area contributed by atoms with Crippen molar-refractivity contribution >= 4 is 11.4 Å². The fraction of sp³-hybridized carbons (Fsp3) is 0.250. The second kappa shape index (κ2) is 6.48. The maximum absolute atomic E-state index is 14.0. The maximum atomic E-state index is 14.0. The average molecular weight is 276 g/mol. The van der Waals surface area contributed by atoms with Crippen molar-refractivity contribution < 1.29 is 8.78 Å². The molecule has 1 N–H and O–H groups in total. The Hall–Kier alpha value is -1.94. The summed E-state index contributed by atoms with van der Waals surface area (Å²) in [4.78, 5) is 1.86. The van der Waals surface area contributed by atoms with E-state index in [1.165, 1.54) is 18.2 Å². The number of anilines is 2. The van der Waals surface area contributed by atoms with E-state index >= 15 is 0 Å². The Labute approximate surface area is 118 Å². The number of nitrogens with zero attached hydrogens (tertiary/aromatic N) is 1. The highest BCUT2D eigenvalue weighted by Crippen LogP contribution is 2.28. The Balaban J connectivity index is 2.35. The largest absolute Gasteiger partial charge is 0.344 e. The first-order valence-corrected chi connectivity index (χ1v) is 6.61. The predicted octanol–water partition coefficient (Wildman–Crippen LogP) is 3.84. The lowest BCUT2D eigenvalue weighted by molar-refractivity contribution is 0.593. The highest BCUT2D eigenvalue weighted by Gasteiger charge is 2.13. The molecule has 2 nitrogen and oxygen atoms in total. The Kier molecular flexibility index (Phi) is 4.69. The van der Waals surface area contributed by atoms with Gasteiger partial charge < -0.3 is 10.2 Å². The molecule has 2 aromatic rings. The molecular formula is C16H18F2N2. The molecule has 2 aromatic carbocycles. The number of nitrogens with one attached hydrogen (secondary N) is 1. The zero-order chi connectivity index (χ0) is 14.5. The molecule has 0 heterocycles. The molecule has 0 atom stereocenters. The minimum Gasteiger partial charge on any atom is -0.344 e. The zero-order valence-electron chi connectivity index (χ0n) is 11.7. The number of rotatable bonds is 5. The second-order valence-electron chi connectivity index (χ2n) is 4.55. The molecule has 0 saturated heterocycles. The van der Waals surface area contributed by atoms with E-state index < -0.39 is 0 Å². The lowest BCUT2D eigenvalue weighted by Crippen LogP contribution is -2.18. The molecule has 0 radical (unpaired) electrons. The van der Waals surface area contributed by atoms with Crippen molar-refractivity contribution in [2.24, 2.45) is 0 Å². The van der Waals surface area contributed by atoms with Crippen LogP contribution in [0.15, 0.2) is 42.5 Å². The lowest BCUT2D eigenvalue weighted by Gasteiger charge is -2.23. The van der Waals surface area contributed by atoms with Gasteiger partial charge in [0.05, 0.1) is 0 Å². The van der Waals surface area contributed by atoms with Crippen molar-refractivity contribution in [2.45, 2.75) is 13.5 Å². The van der Waals surface area contributed by atoms with Crippen LogP contribution >= 0.6 is 0 Å². The Morgan fingerprint density at radius 3 is 2.40 bits per heavy atom. The van der Waals surface area contributed by atoms with Crippen LogP contribution in [0, 0.1) is 11.6 Å². The number of hydrogen-bond acceptors (Lipinski definition) is 2. The molecule has 0 unspecified atom stereocenters. The lowest BCUT2D eigenvalue weighted by atomic mass is 10.1. The maximum Gasteiger partial charge on any atom is 0.129 e. The topological polar surface area (TPSA) is 15.3 Å². The summed E-state index contributed by atoms with van der Waals surface area (Å²) in [7, 11) is 1.84. The van der Waals surface area contributed by atoms with E-state index in [2.05, 4.69) is 5.32 Å². The second-order valence-corrected chi connectivity index (χ2v) is 4.55. The molecule has 106 valence electrons. The molecule has 0 aliphatic heterocycles. The van der Waals surface area contributed by atoms with E-state index in [1.54, 1.807) is 18.2 Å². The van der Waals surface area contributed by atoms with Crippen LogP contribution in [-0.2, 0) is 6.54 Å². The van der Waals surface area contributed by atoms with Gasteiger partial charge >= 0.3 is 0 Å². The van der Waals surface area contributed by atoms with E-state index in [0.29, 0.717) is 12.1 Å². The van der Waals surface area contributed by atoms with Gasteiger partial charge in [0.15, 0.2) is 0 Å². The molecule has 0 aliphatic rings. The molecule has 0 saturated carbocycles. The molecule has 0 aromatic heterocycles. The molecule has 0 fully saturated rings. The van der Waals surface area contributed by atoms with Gasteiger partial charge in [-0.3, -0.25) is 0 Å². The molecule has 20 heavy (non-hydrogen) atoms. The van der Waals surface area contributed by atoms with Crippen LogP contribution in [0.2, 0.25) is 0 Å². The van der Waals surface area contributed by atoms with Crippen molar-refractivity contribution in [3.05, 3.63) is 59.7 Å². The average Bonchev–Trinajstić information content (AvgIpc) is 2.46. The zero-order valence-corrected chi connectivity index (χ0v) is 11.7. The SMILES string of the molecule is CCNCc1c(F)cccc1N(C)c1ccc(F)cc1. The molecule has 0 spiro atoms. The fourth-order valence-electron chi connectivity index (χ4n) is 2.09. The highest BCUT2D eigenvalue weighted by molar-refractivity contribution is 5.65. The van der Waals surface area contributed by atoms with E-state index in [0.717, 1.165) is 17.9 Å². The van der Waals surface area contributed by atoms with Crippen molar-refractivity contribution in [3.8, 4) is 0 Å². The van der Waals surface area contributed by atoms with Gasteiger partial charge in [-0.1, -0.05) is 13.0 Å². The third kappa shape index (κ3) is 3.14. The molecule has 2 rings (SSSR count). The summed E-state index contributed by atoms with van der Waals surface area (Å²) < 4.78 is 27.0. The predicted molar refractivity (Wildman–Crippen MR) is 78.2 cm³/mol. The summed E-state index contributed by atoms with van der Waals surface area (Å²) in [6.07, 6.45) is 0. The Bertz CT molecular complexity index is 567. The summed E-state index contributed by atoms with van der Waals surface area (Å²) in [6, 6.07) is 11.1. The van der Waals surface area contributed by atoms with E-state index in [1.807, 2.05) is 24.9 Å². The summed E-state index contributed by atoms with van der Waals surface area (Å²) in [6.45, 7) is 3.21. The van der Waals surface area contributed by atoms with E-state index in [4.69, 9.17) is 0 Å². The minimum atomic E-state index is -0.283. The van der Waals surface area contributed by atoms with E-state index in [9.17, 15) is 8.78 Å². The monoisotopic (exact) mass is 276 g/mol. The van der Waals surface area contributed by atoms with Crippen LogP contribution in [0.25, 0.3) is 0 Å². The van der Waals surface area contributed by atoms with Crippen molar-refractivity contribution in [3.63, 3.8) is 0 Å². The van der Waals surface area contributed by atoms with Gasteiger partial charge in [-0.05, 0) is 42.9 Å². The first-order valence-electron chi connectivity index (χ1n) is 6.61. The van der Waals surface area contributed by atoms with Crippen LogP contribution < -0.4 is 10.2 Å². The van der Waals surface area contributed by atoms with Gasteiger partial charge in [0.25, 0.3) is 0 Å². The molecule has 0 amide bonds. The van der Waals surface area contributed by atoms with Crippen LogP contribution in [-0.4, -0.2) is 13.6 Å². The van der Waals surface area contributed by atoms with Crippen LogP contribution in [0.4, 0.5) is 20.2 Å². The van der Waals surface area contributed by atoms with E-state index in [-0.39, 0.29) is 11.6 Å². The Morgan fingerprint density at radius 2 is 1.75 bits per heavy atom. The van der Waals surface area contributed by atoms with Crippen LogP contribution in [0.5, 0.6) is 0 Å². The Morgan fingerprint density at radius 1 is 1.05 bits per heavy atom. The number of hydrogen-bond donors (Lipinski definition) is 1. The van der Waals surface area contributed by atoms with Gasteiger partial charge in [0.1, 0.15) is 11.6 Å². The van der Waals surface area contributed by atoms with Crippen molar-refractivity contribution in [1.29, 1.82) is 0 Å². The number of benzene rings is 2. The van der Waals surface area contributed by atoms with Gasteiger partial charge in [-0.25, -0.2) is 8.78 Å². The van der Waals surface area contributed by atoms with Crippen molar-refractivity contribution in [2.75, 3.05) is 18.5 Å². The third-order valence-corrected chi connectivity index (χ3v) is 3.22. The quantitative estimate of drug-likeness (QED) is 0.892. The minimum absolute atomic E-state index is 0.239. The van der Waals surface area contributed by atoms with Gasteiger partial charge in [0, 0.05) is 30.5 Å². The summed E-state index contributed by atoms with van der Waals surface area (Å²) >= 11 is 0. The standard InChI is InChI=1S/C16H18F2N2/c1-3-19-11-14-15(18)5-4-6-16(14)20(2)13-9-7-12(17)8-10-13/h4-10,19H,3,11H2,1-2H3. The summed E-state index contributed by atoms with van der Waals surface area (Å²) in [5, 5.41) is 3.13. The normalized spacial score (nSPS) is 10.6. The molecule has 0 bridgehead atoms. The van der Waals surface area contributed by atoms with Gasteiger partial charge in [0.2, 0.25) is 0 Å². The van der Waals surface area contributed by atoms with Crippen molar-refractivity contribution in [1.82, 2.24) is 5.32 Å². The van der Waals surface area contributed by atoms with Crippen LogP contribution in [0.1, 0.15) is 12.5 Å². The first-order chi connectivity index (χ1) is 9.63. The summed E-state index contributed by atoms with van der Waals surface area (Å²) in [5.41, 5.74) is 2.20. The third-order valence-electron chi connectivity index (χ3n) is 3.22. The first kappa shape index (κ1) is 14.5. The fourth-order valence-corrected chi connectivity index (χ4v) is 2.09. The smallest absolute Gasteiger partial charge is 0.129 e. The van der Waals surface area contributed by atoms with Crippen LogP contribution in [0.3, 0.4) is 0 Å². The summed E-state index contributed by atoms with van der Waals surface area (Å²) in [5.74, 6) is -0.522. The molecule has 0 aliphatic carbocycles. The molecule has 4 heteroatoms. The highest BCUT2D eigenvalue weighted by atomic mass is 19.1. The number of halogens is 2. The van der Waals surface area contributed by atoms with Gasteiger partial charge in [-0.2, -0.15) is 0 Å². The molecular weight excluding hydrogens is 258 g/mol.